The molecule has 2 aromatic carbocycles. The Labute approximate surface area is 156 Å². The second kappa shape index (κ2) is 7.28. The molecule has 0 atom stereocenters. The molecule has 0 N–H and O–H groups in total. The Morgan fingerprint density at radius 1 is 1.04 bits per heavy atom. The van der Waals surface area contributed by atoms with Crippen LogP contribution in [0.15, 0.2) is 47.4 Å². The normalized spacial score (nSPS) is 14.3. The van der Waals surface area contributed by atoms with Crippen LogP contribution in [-0.2, 0) is 9.59 Å². The molecular formula is C18H12F2N2O4S. The number of benzene rings is 2. The van der Waals surface area contributed by atoms with Crippen LogP contribution in [0.2, 0.25) is 0 Å². The van der Waals surface area contributed by atoms with Gasteiger partial charge in [0.1, 0.15) is 0 Å². The molecule has 0 spiro atoms. The average Bonchev–Trinajstić information content (AvgIpc) is 2.88. The van der Waals surface area contributed by atoms with E-state index < -0.39 is 28.4 Å². The van der Waals surface area contributed by atoms with E-state index in [1.165, 1.54) is 24.3 Å². The molecule has 6 nitrogen and oxygen atoms in total. The summed E-state index contributed by atoms with van der Waals surface area (Å²) >= 11 is 1.14. The molecular weight excluding hydrogens is 378 g/mol. The molecule has 0 fully saturated rings. The van der Waals surface area contributed by atoms with Gasteiger partial charge in [0.15, 0.2) is 11.6 Å². The van der Waals surface area contributed by atoms with Crippen molar-refractivity contribution in [2.24, 2.45) is 0 Å². The van der Waals surface area contributed by atoms with E-state index in [-0.39, 0.29) is 21.9 Å². The lowest BCUT2D eigenvalue weighted by Gasteiger charge is -2.15. The van der Waals surface area contributed by atoms with Crippen LogP contribution in [-0.4, -0.2) is 22.5 Å². The molecule has 0 radical (unpaired) electrons. The van der Waals surface area contributed by atoms with Crippen molar-refractivity contribution < 1.29 is 23.3 Å². The Morgan fingerprint density at radius 3 is 2.26 bits per heavy atom. The van der Waals surface area contributed by atoms with Gasteiger partial charge >= 0.3 is 0 Å². The molecule has 0 aliphatic carbocycles. The Kier molecular flexibility index (Phi) is 5.04. The van der Waals surface area contributed by atoms with Crippen molar-refractivity contribution in [2.75, 3.05) is 10.7 Å². The number of amides is 2. The Hall–Kier alpha value is -3.07. The van der Waals surface area contributed by atoms with Crippen LogP contribution in [0.3, 0.4) is 0 Å². The van der Waals surface area contributed by atoms with Crippen molar-refractivity contribution in [3.63, 3.8) is 0 Å². The zero-order valence-electron chi connectivity index (χ0n) is 13.9. The summed E-state index contributed by atoms with van der Waals surface area (Å²) in [6.07, 6.45) is 0. The van der Waals surface area contributed by atoms with Crippen LogP contribution >= 0.6 is 11.8 Å². The quantitative estimate of drug-likeness (QED) is 0.439. The van der Waals surface area contributed by atoms with E-state index in [4.69, 9.17) is 0 Å². The molecule has 0 aromatic heterocycles. The number of imide groups is 1. The van der Waals surface area contributed by atoms with Gasteiger partial charge < -0.3 is 0 Å². The minimum Gasteiger partial charge on any atom is -0.268 e. The van der Waals surface area contributed by atoms with E-state index in [0.29, 0.717) is 11.3 Å². The summed E-state index contributed by atoms with van der Waals surface area (Å²) in [5, 5.41) is 10.8. The lowest BCUT2D eigenvalue weighted by atomic mass is 10.1. The minimum atomic E-state index is -1.18. The van der Waals surface area contributed by atoms with Crippen molar-refractivity contribution in [1.82, 2.24) is 0 Å². The van der Waals surface area contributed by atoms with Crippen LogP contribution in [0.5, 0.6) is 0 Å². The van der Waals surface area contributed by atoms with Crippen molar-refractivity contribution in [1.29, 1.82) is 0 Å². The highest BCUT2D eigenvalue weighted by molar-refractivity contribution is 8.04. The highest BCUT2D eigenvalue weighted by Gasteiger charge is 2.40. The number of hydrogen-bond acceptors (Lipinski definition) is 5. The summed E-state index contributed by atoms with van der Waals surface area (Å²) in [6, 6.07) is 7.97. The van der Waals surface area contributed by atoms with Crippen molar-refractivity contribution in [2.45, 2.75) is 6.92 Å². The van der Waals surface area contributed by atoms with Crippen LogP contribution in [0.25, 0.3) is 5.57 Å². The third-order valence-electron chi connectivity index (χ3n) is 3.86. The van der Waals surface area contributed by atoms with E-state index in [2.05, 4.69) is 0 Å². The molecule has 1 heterocycles. The number of non-ortho nitro benzene ring substituents is 1. The first-order valence-electron chi connectivity index (χ1n) is 7.81. The van der Waals surface area contributed by atoms with Crippen molar-refractivity contribution in [3.8, 4) is 0 Å². The third kappa shape index (κ3) is 3.33. The van der Waals surface area contributed by atoms with Gasteiger partial charge in [-0.15, -0.1) is 11.8 Å². The van der Waals surface area contributed by atoms with Crippen molar-refractivity contribution in [3.05, 3.63) is 74.7 Å². The molecule has 0 saturated heterocycles. The largest absolute Gasteiger partial charge is 0.272 e. The fraction of sp³-hybridized carbons (Fsp3) is 0.111. The van der Waals surface area contributed by atoms with Gasteiger partial charge in [-0.25, -0.2) is 13.7 Å². The maximum atomic E-state index is 13.6. The number of nitrogens with zero attached hydrogens (tertiary/aromatic N) is 2. The molecule has 0 unspecified atom stereocenters. The monoisotopic (exact) mass is 390 g/mol. The first kappa shape index (κ1) is 18.7. The highest BCUT2D eigenvalue weighted by atomic mass is 32.2. The molecule has 9 heteroatoms. The van der Waals surface area contributed by atoms with Crippen molar-refractivity contribution >= 4 is 40.5 Å². The molecule has 2 aromatic rings. The second-order valence-electron chi connectivity index (χ2n) is 5.49. The van der Waals surface area contributed by atoms with Crippen LogP contribution in [0, 0.1) is 21.7 Å². The van der Waals surface area contributed by atoms with Gasteiger partial charge in [-0.3, -0.25) is 19.7 Å². The second-order valence-corrected chi connectivity index (χ2v) is 6.76. The van der Waals surface area contributed by atoms with Crippen LogP contribution in [0.1, 0.15) is 12.5 Å². The number of thioether (sulfide) groups is 1. The first-order valence-corrected chi connectivity index (χ1v) is 8.79. The van der Waals surface area contributed by atoms with Crippen LogP contribution < -0.4 is 4.90 Å². The number of nitro groups is 1. The number of nitro benzene ring substituents is 1. The standard InChI is InChI=1S/C18H12F2N2O4S/c1-2-27-16-15(10-3-5-11(6-4-10)22(25)26)17(23)21(18(16)24)12-7-8-13(19)14(20)9-12/h3-9H,2H2,1H3. The summed E-state index contributed by atoms with van der Waals surface area (Å²) in [6.45, 7) is 1.79. The van der Waals surface area contributed by atoms with Gasteiger partial charge in [0.25, 0.3) is 17.5 Å². The van der Waals surface area contributed by atoms with Gasteiger partial charge in [0.05, 0.1) is 21.1 Å². The molecule has 2 amide bonds. The van der Waals surface area contributed by atoms with E-state index in [1.54, 1.807) is 6.92 Å². The number of hydrogen-bond donors (Lipinski definition) is 0. The predicted molar refractivity (Wildman–Crippen MR) is 97.0 cm³/mol. The highest BCUT2D eigenvalue weighted by Crippen LogP contribution is 2.38. The lowest BCUT2D eigenvalue weighted by molar-refractivity contribution is -0.384. The summed E-state index contributed by atoms with van der Waals surface area (Å²) in [7, 11) is 0. The number of halogens is 2. The summed E-state index contributed by atoms with van der Waals surface area (Å²) < 4.78 is 26.8. The molecule has 1 aliphatic heterocycles. The fourth-order valence-electron chi connectivity index (χ4n) is 2.65. The maximum absolute atomic E-state index is 13.6. The molecule has 3 rings (SSSR count). The maximum Gasteiger partial charge on any atom is 0.272 e. The Morgan fingerprint density at radius 2 is 1.70 bits per heavy atom. The van der Waals surface area contributed by atoms with Gasteiger partial charge in [-0.2, -0.15) is 0 Å². The summed E-state index contributed by atoms with van der Waals surface area (Å²) in [5.74, 6) is -3.12. The smallest absolute Gasteiger partial charge is 0.268 e. The number of rotatable bonds is 5. The molecule has 0 saturated carbocycles. The summed E-state index contributed by atoms with van der Waals surface area (Å²) in [5.41, 5.74) is 0.166. The third-order valence-corrected chi connectivity index (χ3v) is 4.81. The van der Waals surface area contributed by atoms with E-state index in [1.807, 2.05) is 0 Å². The number of carbonyl (C=O) groups excluding carboxylic acids is 2. The predicted octanol–water partition coefficient (Wildman–Crippen LogP) is 3.91. The zero-order valence-corrected chi connectivity index (χ0v) is 14.8. The van der Waals surface area contributed by atoms with Gasteiger partial charge in [-0.05, 0) is 35.6 Å². The topological polar surface area (TPSA) is 80.5 Å². The SMILES string of the molecule is CCSC1=C(c2ccc([N+](=O)[O-])cc2)C(=O)N(c2ccc(F)c(F)c2)C1=O. The fourth-order valence-corrected chi connectivity index (χ4v) is 3.50. The van der Waals surface area contributed by atoms with E-state index in [9.17, 15) is 28.5 Å². The van der Waals surface area contributed by atoms with Gasteiger partial charge in [-0.1, -0.05) is 6.92 Å². The average molecular weight is 390 g/mol. The molecule has 1 aliphatic rings. The van der Waals surface area contributed by atoms with Crippen LogP contribution in [0.4, 0.5) is 20.2 Å². The molecule has 0 bridgehead atoms. The zero-order chi connectivity index (χ0) is 19.7. The van der Waals surface area contributed by atoms with E-state index >= 15 is 0 Å². The minimum absolute atomic E-state index is 0.0754. The van der Waals surface area contributed by atoms with Gasteiger partial charge in [0.2, 0.25) is 0 Å². The summed E-state index contributed by atoms with van der Waals surface area (Å²) in [4.78, 5) is 36.8. The van der Waals surface area contributed by atoms with E-state index in [0.717, 1.165) is 34.9 Å². The first-order chi connectivity index (χ1) is 12.8. The van der Waals surface area contributed by atoms with Gasteiger partial charge in [0, 0.05) is 18.2 Å². The molecule has 27 heavy (non-hydrogen) atoms. The lowest BCUT2D eigenvalue weighted by Crippen LogP contribution is -2.31. The molecule has 138 valence electrons. The Balaban J connectivity index is 2.07. The number of carbonyl (C=O) groups is 2. The Bertz CT molecular complexity index is 989. The number of anilines is 1.